The maximum absolute atomic E-state index is 13.8. The molecule has 1 aromatic carbocycles. The van der Waals surface area contributed by atoms with Crippen molar-refractivity contribution in [3.05, 3.63) is 58.2 Å². The molecule has 7 nitrogen and oxygen atoms in total. The molecule has 188 valence electrons. The Morgan fingerprint density at radius 1 is 1.20 bits per heavy atom. The summed E-state index contributed by atoms with van der Waals surface area (Å²) in [5.41, 5.74) is -0.208. The van der Waals surface area contributed by atoms with Crippen LogP contribution in [0.15, 0.2) is 51.1 Å². The van der Waals surface area contributed by atoms with Gasteiger partial charge in [0.25, 0.3) is 10.0 Å². The third kappa shape index (κ3) is 5.63. The SMILES string of the molecule is Cn1nc(-c2ccc(S(=O)(=O)N(Cc3ccc(Br)cc3)[C@@H]3CCCCNC3=O)s2)cc1C(F)(F)F. The van der Waals surface area contributed by atoms with Crippen LogP contribution in [0.5, 0.6) is 0 Å². The summed E-state index contributed by atoms with van der Waals surface area (Å²) in [6.45, 7) is 0.453. The van der Waals surface area contributed by atoms with Crippen LogP contribution in [-0.2, 0) is 34.6 Å². The fourth-order valence-electron chi connectivity index (χ4n) is 3.90. The molecule has 3 heterocycles. The lowest BCUT2D eigenvalue weighted by atomic mass is 10.1. The Balaban J connectivity index is 1.71. The number of aryl methyl sites for hydroxylation is 1. The van der Waals surface area contributed by atoms with Crippen LogP contribution in [0.25, 0.3) is 10.6 Å². The molecule has 2 aromatic heterocycles. The molecule has 1 fully saturated rings. The molecule has 1 atom stereocenters. The topological polar surface area (TPSA) is 84.3 Å². The Morgan fingerprint density at radius 3 is 2.57 bits per heavy atom. The predicted molar refractivity (Wildman–Crippen MR) is 129 cm³/mol. The molecule has 13 heteroatoms. The van der Waals surface area contributed by atoms with Crippen molar-refractivity contribution in [3.63, 3.8) is 0 Å². The van der Waals surface area contributed by atoms with Gasteiger partial charge in [0.05, 0.1) is 4.88 Å². The number of hydrogen-bond donors (Lipinski definition) is 1. The summed E-state index contributed by atoms with van der Waals surface area (Å²) < 4.78 is 69.8. The van der Waals surface area contributed by atoms with Crippen LogP contribution in [0, 0.1) is 0 Å². The number of benzene rings is 1. The lowest BCUT2D eigenvalue weighted by molar-refractivity contribution is -0.143. The molecule has 0 aliphatic carbocycles. The van der Waals surface area contributed by atoms with Crippen LogP contribution in [0.1, 0.15) is 30.5 Å². The molecule has 1 saturated heterocycles. The average Bonchev–Trinajstić information content (AvgIpc) is 3.38. The number of amides is 1. The quantitative estimate of drug-likeness (QED) is 0.447. The number of alkyl halides is 3. The highest BCUT2D eigenvalue weighted by Gasteiger charge is 2.38. The summed E-state index contributed by atoms with van der Waals surface area (Å²) in [7, 11) is -2.97. The largest absolute Gasteiger partial charge is 0.433 e. The minimum Gasteiger partial charge on any atom is -0.355 e. The number of carbonyl (C=O) groups excluding carboxylic acids is 1. The number of thiophene rings is 1. The molecule has 1 aliphatic heterocycles. The summed E-state index contributed by atoms with van der Waals surface area (Å²) in [6.07, 6.45) is -2.78. The number of hydrogen-bond acceptors (Lipinski definition) is 5. The second-order valence-electron chi connectivity index (χ2n) is 8.13. The van der Waals surface area contributed by atoms with Crippen LogP contribution < -0.4 is 5.32 Å². The van der Waals surface area contributed by atoms with E-state index in [2.05, 4.69) is 26.3 Å². The normalized spacial score (nSPS) is 17.4. The van der Waals surface area contributed by atoms with E-state index in [0.29, 0.717) is 24.9 Å². The molecule has 1 N–H and O–H groups in total. The molecular formula is C22H22BrF3N4O3S2. The summed E-state index contributed by atoms with van der Waals surface area (Å²) in [5, 5.41) is 6.69. The lowest BCUT2D eigenvalue weighted by Crippen LogP contribution is -2.48. The highest BCUT2D eigenvalue weighted by atomic mass is 79.9. The Kier molecular flexibility index (Phi) is 7.41. The maximum Gasteiger partial charge on any atom is 0.433 e. The van der Waals surface area contributed by atoms with E-state index in [1.54, 1.807) is 24.3 Å². The standard InChI is InChI=1S/C22H22BrF3N4O3S2/c1-29-19(22(24,25)26)12-16(28-29)18-9-10-20(34-18)35(32,33)30(13-14-5-7-15(23)8-6-14)17-4-2-3-11-27-21(17)31/h5-10,12,17H,2-4,11,13H2,1H3,(H,27,31)/t17-/m1/s1. The number of rotatable bonds is 6. The van der Waals surface area contributed by atoms with Crippen molar-refractivity contribution in [1.29, 1.82) is 0 Å². The number of nitrogens with zero attached hydrogens (tertiary/aromatic N) is 3. The van der Waals surface area contributed by atoms with Gasteiger partial charge in [-0.25, -0.2) is 8.42 Å². The molecule has 0 radical (unpaired) electrons. The van der Waals surface area contributed by atoms with Gasteiger partial charge >= 0.3 is 6.18 Å². The summed E-state index contributed by atoms with van der Waals surface area (Å²) in [4.78, 5) is 13.1. The fraction of sp³-hybridized carbons (Fsp3) is 0.364. The number of carbonyl (C=O) groups is 1. The highest BCUT2D eigenvalue weighted by molar-refractivity contribution is 9.10. The van der Waals surface area contributed by atoms with E-state index in [1.807, 2.05) is 0 Å². The molecule has 4 rings (SSSR count). The van der Waals surface area contributed by atoms with Crippen LogP contribution >= 0.6 is 27.3 Å². The fourth-order valence-corrected chi connectivity index (χ4v) is 7.16. The van der Waals surface area contributed by atoms with Gasteiger partial charge in [0.1, 0.15) is 21.6 Å². The first kappa shape index (κ1) is 25.9. The molecule has 0 unspecified atom stereocenters. The first-order valence-corrected chi connectivity index (χ1v) is 13.8. The number of halogens is 4. The van der Waals surface area contributed by atoms with Gasteiger partial charge in [-0.05, 0) is 55.2 Å². The van der Waals surface area contributed by atoms with Gasteiger partial charge in [-0.3, -0.25) is 9.48 Å². The predicted octanol–water partition coefficient (Wildman–Crippen LogP) is 4.79. The van der Waals surface area contributed by atoms with Gasteiger partial charge in [0.15, 0.2) is 0 Å². The number of sulfonamides is 1. The zero-order valence-corrected chi connectivity index (χ0v) is 21.8. The van der Waals surface area contributed by atoms with E-state index >= 15 is 0 Å². The smallest absolute Gasteiger partial charge is 0.355 e. The molecule has 35 heavy (non-hydrogen) atoms. The third-order valence-electron chi connectivity index (χ3n) is 5.67. The van der Waals surface area contributed by atoms with Crippen molar-refractivity contribution >= 4 is 43.2 Å². The zero-order valence-electron chi connectivity index (χ0n) is 18.5. The van der Waals surface area contributed by atoms with E-state index in [9.17, 15) is 26.4 Å². The maximum atomic E-state index is 13.8. The first-order chi connectivity index (χ1) is 16.5. The monoisotopic (exact) mass is 590 g/mol. The van der Waals surface area contributed by atoms with E-state index in [-0.39, 0.29) is 27.2 Å². The molecule has 1 amide bonds. The second kappa shape index (κ2) is 10.0. The third-order valence-corrected chi connectivity index (χ3v) is 9.63. The summed E-state index contributed by atoms with van der Waals surface area (Å²) in [5.74, 6) is -0.362. The van der Waals surface area contributed by atoms with Crippen LogP contribution in [0.3, 0.4) is 0 Å². The second-order valence-corrected chi connectivity index (χ2v) is 12.3. The molecule has 0 bridgehead atoms. The van der Waals surface area contributed by atoms with Gasteiger partial charge in [-0.2, -0.15) is 22.6 Å². The summed E-state index contributed by atoms with van der Waals surface area (Å²) in [6, 6.07) is 9.89. The van der Waals surface area contributed by atoms with Crippen molar-refractivity contribution in [2.75, 3.05) is 6.54 Å². The van der Waals surface area contributed by atoms with Crippen molar-refractivity contribution < 1.29 is 26.4 Å². The Labute approximate surface area is 213 Å². The van der Waals surface area contributed by atoms with Gasteiger partial charge in [-0.1, -0.05) is 28.1 Å². The van der Waals surface area contributed by atoms with Gasteiger partial charge < -0.3 is 5.32 Å². The van der Waals surface area contributed by atoms with Crippen molar-refractivity contribution in [2.24, 2.45) is 7.05 Å². The molecule has 1 aliphatic rings. The van der Waals surface area contributed by atoms with Gasteiger partial charge in [0, 0.05) is 24.6 Å². The van der Waals surface area contributed by atoms with Crippen LogP contribution in [0.2, 0.25) is 0 Å². The average molecular weight is 591 g/mol. The van der Waals surface area contributed by atoms with E-state index < -0.39 is 27.9 Å². The van der Waals surface area contributed by atoms with Crippen molar-refractivity contribution in [2.45, 2.75) is 42.2 Å². The van der Waals surface area contributed by atoms with E-state index in [0.717, 1.165) is 33.0 Å². The van der Waals surface area contributed by atoms with Crippen molar-refractivity contribution in [1.82, 2.24) is 19.4 Å². The van der Waals surface area contributed by atoms with Crippen LogP contribution in [-0.4, -0.2) is 41.0 Å². The minimum atomic E-state index is -4.58. The Bertz CT molecular complexity index is 1320. The summed E-state index contributed by atoms with van der Waals surface area (Å²) >= 11 is 4.18. The van der Waals surface area contributed by atoms with Gasteiger partial charge in [-0.15, -0.1) is 11.3 Å². The van der Waals surface area contributed by atoms with Crippen molar-refractivity contribution in [3.8, 4) is 10.6 Å². The number of nitrogens with one attached hydrogen (secondary N) is 1. The minimum absolute atomic E-state index is 0.0251. The molecule has 0 spiro atoms. The first-order valence-electron chi connectivity index (χ1n) is 10.7. The Hall–Kier alpha value is -2.22. The van der Waals surface area contributed by atoms with Crippen LogP contribution in [0.4, 0.5) is 13.2 Å². The lowest BCUT2D eigenvalue weighted by Gasteiger charge is -2.28. The van der Waals surface area contributed by atoms with E-state index in [1.165, 1.54) is 23.5 Å². The Morgan fingerprint density at radius 2 is 1.91 bits per heavy atom. The zero-order chi connectivity index (χ0) is 25.4. The number of aromatic nitrogens is 2. The van der Waals surface area contributed by atoms with Gasteiger partial charge in [0.2, 0.25) is 5.91 Å². The molecule has 3 aromatic rings. The van der Waals surface area contributed by atoms with E-state index in [4.69, 9.17) is 0 Å². The molecular weight excluding hydrogens is 569 g/mol. The molecule has 0 saturated carbocycles. The highest BCUT2D eigenvalue weighted by Crippen LogP contribution is 2.37.